The Morgan fingerprint density at radius 2 is 2.27 bits per heavy atom. The molecular formula is C11H13ClN2O. The minimum absolute atomic E-state index is 0.0703. The highest BCUT2D eigenvalue weighted by Gasteiger charge is 2.26. The van der Waals surface area contributed by atoms with Gasteiger partial charge in [-0.2, -0.15) is 0 Å². The van der Waals surface area contributed by atoms with E-state index in [0.717, 1.165) is 24.1 Å². The van der Waals surface area contributed by atoms with Gasteiger partial charge in [-0.05, 0) is 30.7 Å². The van der Waals surface area contributed by atoms with Gasteiger partial charge in [-0.1, -0.05) is 17.7 Å². The van der Waals surface area contributed by atoms with E-state index in [2.05, 4.69) is 0 Å². The average molecular weight is 225 g/mol. The molecule has 0 radical (unpaired) electrons. The van der Waals surface area contributed by atoms with E-state index in [1.165, 1.54) is 0 Å². The number of benzene rings is 1. The summed E-state index contributed by atoms with van der Waals surface area (Å²) < 4.78 is 0. The summed E-state index contributed by atoms with van der Waals surface area (Å²) in [5.74, 6) is 0.0703. The van der Waals surface area contributed by atoms with Crippen LogP contribution in [-0.2, 0) is 6.54 Å². The molecule has 1 aromatic rings. The maximum Gasteiger partial charge on any atom is 0.254 e. The summed E-state index contributed by atoms with van der Waals surface area (Å²) in [5.41, 5.74) is 7.21. The molecule has 1 aliphatic heterocycles. The Morgan fingerprint density at radius 3 is 3.00 bits per heavy atom. The summed E-state index contributed by atoms with van der Waals surface area (Å²) in [5, 5.41) is 0.614. The molecular weight excluding hydrogens is 212 g/mol. The van der Waals surface area contributed by atoms with E-state index >= 15 is 0 Å². The molecule has 0 atom stereocenters. The van der Waals surface area contributed by atoms with Crippen LogP contribution in [-0.4, -0.2) is 23.9 Å². The van der Waals surface area contributed by atoms with E-state index in [9.17, 15) is 4.79 Å². The van der Waals surface area contributed by atoms with Crippen molar-refractivity contribution in [3.63, 3.8) is 0 Å². The number of amides is 1. The van der Waals surface area contributed by atoms with Crippen molar-refractivity contribution in [2.45, 2.75) is 13.0 Å². The monoisotopic (exact) mass is 224 g/mol. The van der Waals surface area contributed by atoms with Crippen LogP contribution in [0.5, 0.6) is 0 Å². The molecule has 0 saturated carbocycles. The fourth-order valence-electron chi connectivity index (χ4n) is 1.80. The molecule has 80 valence electrons. The number of hydrogen-bond acceptors (Lipinski definition) is 2. The summed E-state index contributed by atoms with van der Waals surface area (Å²) >= 11 is 5.85. The molecule has 0 fully saturated rings. The van der Waals surface area contributed by atoms with Crippen molar-refractivity contribution in [2.24, 2.45) is 5.73 Å². The number of nitrogens with two attached hydrogens (primary N) is 1. The van der Waals surface area contributed by atoms with E-state index in [0.29, 0.717) is 18.1 Å². The van der Waals surface area contributed by atoms with Crippen LogP contribution in [0.1, 0.15) is 22.3 Å². The maximum atomic E-state index is 11.9. The van der Waals surface area contributed by atoms with E-state index in [1.807, 2.05) is 17.0 Å². The Labute approximate surface area is 93.8 Å². The van der Waals surface area contributed by atoms with Crippen LogP contribution in [0, 0.1) is 0 Å². The number of halogens is 1. The smallest absolute Gasteiger partial charge is 0.254 e. The predicted molar refractivity (Wildman–Crippen MR) is 59.9 cm³/mol. The lowest BCUT2D eigenvalue weighted by Crippen LogP contribution is -2.26. The number of fused-ring (bicyclic) bond motifs is 1. The van der Waals surface area contributed by atoms with Crippen molar-refractivity contribution < 1.29 is 4.79 Å². The quantitative estimate of drug-likeness (QED) is 0.849. The molecule has 2 N–H and O–H groups in total. The lowest BCUT2D eigenvalue weighted by molar-refractivity contribution is 0.0777. The molecule has 1 heterocycles. The van der Waals surface area contributed by atoms with Gasteiger partial charge >= 0.3 is 0 Å². The lowest BCUT2D eigenvalue weighted by Gasteiger charge is -2.14. The average Bonchev–Trinajstić information content (AvgIpc) is 2.53. The van der Waals surface area contributed by atoms with Gasteiger partial charge in [0.25, 0.3) is 5.91 Å². The van der Waals surface area contributed by atoms with Gasteiger partial charge in [0.05, 0.1) is 0 Å². The first kappa shape index (κ1) is 10.5. The Kier molecular flexibility index (Phi) is 2.93. The second-order valence-electron chi connectivity index (χ2n) is 3.67. The SMILES string of the molecule is NCCCN1Cc2ccc(Cl)cc2C1=O. The Balaban J connectivity index is 2.18. The van der Waals surface area contributed by atoms with Gasteiger partial charge in [0.1, 0.15) is 0 Å². The standard InChI is InChI=1S/C11H13ClN2O/c12-9-3-2-8-7-14(5-1-4-13)11(15)10(8)6-9/h2-3,6H,1,4-5,7,13H2. The topological polar surface area (TPSA) is 46.3 Å². The van der Waals surface area contributed by atoms with Crippen LogP contribution in [0.4, 0.5) is 0 Å². The third-order valence-electron chi connectivity index (χ3n) is 2.58. The number of rotatable bonds is 3. The summed E-state index contributed by atoms with van der Waals surface area (Å²) in [6, 6.07) is 5.47. The van der Waals surface area contributed by atoms with E-state index < -0.39 is 0 Å². The molecule has 1 aromatic carbocycles. The number of carbonyl (C=O) groups excluding carboxylic acids is 1. The van der Waals surface area contributed by atoms with Crippen LogP contribution in [0.3, 0.4) is 0 Å². The summed E-state index contributed by atoms with van der Waals surface area (Å²) in [6.07, 6.45) is 0.841. The molecule has 0 spiro atoms. The number of hydrogen-bond donors (Lipinski definition) is 1. The molecule has 3 nitrogen and oxygen atoms in total. The fraction of sp³-hybridized carbons (Fsp3) is 0.364. The summed E-state index contributed by atoms with van der Waals surface area (Å²) in [4.78, 5) is 13.7. The molecule has 4 heteroatoms. The Morgan fingerprint density at radius 1 is 1.47 bits per heavy atom. The molecule has 0 aromatic heterocycles. The first-order valence-corrected chi connectivity index (χ1v) is 5.38. The molecule has 1 aliphatic rings. The summed E-state index contributed by atoms with van der Waals surface area (Å²) in [6.45, 7) is 2.02. The molecule has 0 aliphatic carbocycles. The van der Waals surface area contributed by atoms with Gasteiger partial charge in [0, 0.05) is 23.7 Å². The van der Waals surface area contributed by atoms with Gasteiger partial charge in [-0.3, -0.25) is 4.79 Å². The number of nitrogens with zero attached hydrogens (tertiary/aromatic N) is 1. The molecule has 0 unspecified atom stereocenters. The van der Waals surface area contributed by atoms with Gasteiger partial charge in [-0.25, -0.2) is 0 Å². The van der Waals surface area contributed by atoms with Crippen molar-refractivity contribution in [1.29, 1.82) is 0 Å². The van der Waals surface area contributed by atoms with Crippen molar-refractivity contribution in [2.75, 3.05) is 13.1 Å². The first-order valence-electron chi connectivity index (χ1n) is 5.00. The van der Waals surface area contributed by atoms with Crippen molar-refractivity contribution in [3.8, 4) is 0 Å². The zero-order valence-corrected chi connectivity index (χ0v) is 9.13. The highest BCUT2D eigenvalue weighted by atomic mass is 35.5. The first-order chi connectivity index (χ1) is 7.22. The normalized spacial score (nSPS) is 14.5. The number of carbonyl (C=O) groups is 1. The van der Waals surface area contributed by atoms with Crippen LogP contribution in [0.15, 0.2) is 18.2 Å². The highest BCUT2D eigenvalue weighted by molar-refractivity contribution is 6.31. The highest BCUT2D eigenvalue weighted by Crippen LogP contribution is 2.25. The van der Waals surface area contributed by atoms with Gasteiger partial charge in [0.15, 0.2) is 0 Å². The van der Waals surface area contributed by atoms with Crippen molar-refractivity contribution in [3.05, 3.63) is 34.3 Å². The second-order valence-corrected chi connectivity index (χ2v) is 4.11. The summed E-state index contributed by atoms with van der Waals surface area (Å²) in [7, 11) is 0. The maximum absolute atomic E-state index is 11.9. The minimum Gasteiger partial charge on any atom is -0.334 e. The largest absolute Gasteiger partial charge is 0.334 e. The zero-order valence-electron chi connectivity index (χ0n) is 8.37. The van der Waals surface area contributed by atoms with Crippen LogP contribution >= 0.6 is 11.6 Å². The zero-order chi connectivity index (χ0) is 10.8. The van der Waals surface area contributed by atoms with Crippen LogP contribution < -0.4 is 5.73 Å². The second kappa shape index (κ2) is 4.21. The van der Waals surface area contributed by atoms with E-state index in [1.54, 1.807) is 6.07 Å². The fourth-order valence-corrected chi connectivity index (χ4v) is 1.97. The Bertz CT molecular complexity index is 392. The van der Waals surface area contributed by atoms with E-state index in [4.69, 9.17) is 17.3 Å². The Hall–Kier alpha value is -1.06. The van der Waals surface area contributed by atoms with Crippen molar-refractivity contribution in [1.82, 2.24) is 4.90 Å². The predicted octanol–water partition coefficient (Wildman–Crippen LogP) is 1.64. The lowest BCUT2D eigenvalue weighted by atomic mass is 10.1. The third-order valence-corrected chi connectivity index (χ3v) is 2.82. The van der Waals surface area contributed by atoms with Gasteiger partial charge < -0.3 is 10.6 Å². The van der Waals surface area contributed by atoms with Crippen molar-refractivity contribution >= 4 is 17.5 Å². The molecule has 1 amide bonds. The van der Waals surface area contributed by atoms with Crippen LogP contribution in [0.2, 0.25) is 5.02 Å². The molecule has 0 bridgehead atoms. The van der Waals surface area contributed by atoms with E-state index in [-0.39, 0.29) is 5.91 Å². The van der Waals surface area contributed by atoms with Gasteiger partial charge in [0.2, 0.25) is 0 Å². The molecule has 2 rings (SSSR count). The molecule has 15 heavy (non-hydrogen) atoms. The minimum atomic E-state index is 0.0703. The van der Waals surface area contributed by atoms with Gasteiger partial charge in [-0.15, -0.1) is 0 Å². The third kappa shape index (κ3) is 1.98. The van der Waals surface area contributed by atoms with Crippen LogP contribution in [0.25, 0.3) is 0 Å². The molecule has 0 saturated heterocycles.